The van der Waals surface area contributed by atoms with Crippen LogP contribution >= 0.6 is 0 Å². The summed E-state index contributed by atoms with van der Waals surface area (Å²) in [6.45, 7) is 4.56. The average molecular weight is 244 g/mol. The molecule has 0 fully saturated rings. The minimum Gasteiger partial charge on any atom is -0.377 e. The number of unbranched alkanes of at least 4 members (excludes halogenated alkanes) is 1. The van der Waals surface area contributed by atoms with E-state index < -0.39 is 0 Å². The van der Waals surface area contributed by atoms with Crippen LogP contribution in [0.15, 0.2) is 42.7 Å². The molecule has 18 heavy (non-hydrogen) atoms. The Balaban J connectivity index is 1.82. The highest BCUT2D eigenvalue weighted by atomic mass is 16.5. The highest BCUT2D eigenvalue weighted by molar-refractivity contribution is 5.22. The summed E-state index contributed by atoms with van der Waals surface area (Å²) in [6, 6.07) is 10.5. The zero-order chi connectivity index (χ0) is 12.6. The summed E-state index contributed by atoms with van der Waals surface area (Å²) in [5, 5.41) is 4.20. The van der Waals surface area contributed by atoms with E-state index in [4.69, 9.17) is 4.74 Å². The number of benzene rings is 1. The van der Waals surface area contributed by atoms with E-state index in [0.29, 0.717) is 6.61 Å². The Morgan fingerprint density at radius 3 is 2.61 bits per heavy atom. The van der Waals surface area contributed by atoms with Crippen LogP contribution in [-0.2, 0) is 17.9 Å². The molecule has 3 heteroatoms. The first-order valence-corrected chi connectivity index (χ1v) is 6.51. The molecule has 0 atom stereocenters. The number of hydrogen-bond acceptors (Lipinski definition) is 2. The zero-order valence-corrected chi connectivity index (χ0v) is 10.9. The Bertz CT molecular complexity index is 434. The van der Waals surface area contributed by atoms with Crippen molar-refractivity contribution < 1.29 is 4.74 Å². The predicted molar refractivity (Wildman–Crippen MR) is 72.3 cm³/mol. The Morgan fingerprint density at radius 2 is 1.94 bits per heavy atom. The molecule has 2 rings (SSSR count). The lowest BCUT2D eigenvalue weighted by atomic mass is 10.1. The van der Waals surface area contributed by atoms with E-state index in [1.807, 2.05) is 16.9 Å². The third kappa shape index (κ3) is 4.00. The van der Waals surface area contributed by atoms with Crippen LogP contribution in [0.5, 0.6) is 0 Å². The molecule has 3 nitrogen and oxygen atoms in total. The topological polar surface area (TPSA) is 27.1 Å². The highest BCUT2D eigenvalue weighted by Gasteiger charge is 1.97. The van der Waals surface area contributed by atoms with Gasteiger partial charge in [0.25, 0.3) is 0 Å². The molecule has 1 aromatic heterocycles. The molecular formula is C15H20N2O. The lowest BCUT2D eigenvalue weighted by molar-refractivity contribution is 0.118. The number of nitrogens with zero attached hydrogens (tertiary/aromatic N) is 2. The molecule has 0 bridgehead atoms. The molecule has 0 aliphatic heterocycles. The summed E-state index contributed by atoms with van der Waals surface area (Å²) < 4.78 is 7.51. The molecule has 0 radical (unpaired) electrons. The van der Waals surface area contributed by atoms with Gasteiger partial charge in [-0.15, -0.1) is 0 Å². The van der Waals surface area contributed by atoms with Gasteiger partial charge in [-0.1, -0.05) is 37.6 Å². The van der Waals surface area contributed by atoms with Crippen LogP contribution in [0.3, 0.4) is 0 Å². The second-order valence-corrected chi connectivity index (χ2v) is 4.43. The van der Waals surface area contributed by atoms with E-state index >= 15 is 0 Å². The van der Waals surface area contributed by atoms with Gasteiger partial charge in [0.05, 0.1) is 13.2 Å². The van der Waals surface area contributed by atoms with Crippen molar-refractivity contribution in [3.05, 3.63) is 53.9 Å². The van der Waals surface area contributed by atoms with E-state index in [0.717, 1.165) is 19.6 Å². The Kier molecular flexibility index (Phi) is 4.97. The molecule has 0 aliphatic rings. The predicted octanol–water partition coefficient (Wildman–Crippen LogP) is 3.25. The second-order valence-electron chi connectivity index (χ2n) is 4.43. The number of aromatic nitrogens is 2. The van der Waals surface area contributed by atoms with Gasteiger partial charge in [-0.25, -0.2) is 0 Å². The van der Waals surface area contributed by atoms with Crippen LogP contribution in [-0.4, -0.2) is 16.4 Å². The van der Waals surface area contributed by atoms with Gasteiger partial charge >= 0.3 is 0 Å². The van der Waals surface area contributed by atoms with Crippen LogP contribution in [0.4, 0.5) is 0 Å². The van der Waals surface area contributed by atoms with Crippen molar-refractivity contribution in [2.24, 2.45) is 0 Å². The van der Waals surface area contributed by atoms with Gasteiger partial charge < -0.3 is 4.74 Å². The molecule has 0 spiro atoms. The third-order valence-electron chi connectivity index (χ3n) is 2.84. The zero-order valence-electron chi connectivity index (χ0n) is 10.9. The van der Waals surface area contributed by atoms with Crippen molar-refractivity contribution >= 4 is 0 Å². The monoisotopic (exact) mass is 244 g/mol. The largest absolute Gasteiger partial charge is 0.377 e. The molecular weight excluding hydrogens is 224 g/mol. The van der Waals surface area contributed by atoms with Gasteiger partial charge in [0.1, 0.15) is 0 Å². The van der Waals surface area contributed by atoms with Crippen molar-refractivity contribution in [1.82, 2.24) is 9.78 Å². The summed E-state index contributed by atoms with van der Waals surface area (Å²) >= 11 is 0. The number of rotatable bonds is 7. The van der Waals surface area contributed by atoms with E-state index in [9.17, 15) is 0 Å². The van der Waals surface area contributed by atoms with Crippen molar-refractivity contribution in [1.29, 1.82) is 0 Å². The van der Waals surface area contributed by atoms with Gasteiger partial charge in [-0.2, -0.15) is 5.10 Å². The van der Waals surface area contributed by atoms with Crippen LogP contribution in [0, 0.1) is 0 Å². The summed E-state index contributed by atoms with van der Waals surface area (Å²) in [5.74, 6) is 0. The fraction of sp³-hybridized carbons (Fsp3) is 0.400. The van der Waals surface area contributed by atoms with Gasteiger partial charge in [0.2, 0.25) is 0 Å². The summed E-state index contributed by atoms with van der Waals surface area (Å²) in [5.41, 5.74) is 2.49. The molecule has 1 heterocycles. The van der Waals surface area contributed by atoms with Crippen molar-refractivity contribution in [2.45, 2.75) is 32.9 Å². The lowest BCUT2D eigenvalue weighted by Crippen LogP contribution is -2.00. The molecule has 96 valence electrons. The normalized spacial score (nSPS) is 10.7. The fourth-order valence-electron chi connectivity index (χ4n) is 1.76. The first kappa shape index (κ1) is 12.8. The third-order valence-corrected chi connectivity index (χ3v) is 2.84. The molecule has 0 N–H and O–H groups in total. The molecule has 0 saturated carbocycles. The van der Waals surface area contributed by atoms with E-state index in [1.54, 1.807) is 6.20 Å². The van der Waals surface area contributed by atoms with Crippen LogP contribution in [0.2, 0.25) is 0 Å². The van der Waals surface area contributed by atoms with Crippen LogP contribution < -0.4 is 0 Å². The fourth-order valence-corrected chi connectivity index (χ4v) is 1.76. The Labute approximate surface area is 108 Å². The van der Waals surface area contributed by atoms with E-state index in [1.165, 1.54) is 17.5 Å². The first-order valence-electron chi connectivity index (χ1n) is 6.51. The van der Waals surface area contributed by atoms with Gasteiger partial charge in [-0.3, -0.25) is 4.68 Å². The Hall–Kier alpha value is -1.61. The minimum atomic E-state index is 0.710. The maximum Gasteiger partial charge on any atom is 0.0716 e. The van der Waals surface area contributed by atoms with Gasteiger partial charge in [0.15, 0.2) is 0 Å². The SMILES string of the molecule is CCCCOCc1ccc(Cn2cccn2)cc1. The molecule has 0 amide bonds. The summed E-state index contributed by atoms with van der Waals surface area (Å²) in [4.78, 5) is 0. The van der Waals surface area contributed by atoms with Gasteiger partial charge in [-0.05, 0) is 23.6 Å². The van der Waals surface area contributed by atoms with Crippen LogP contribution in [0.25, 0.3) is 0 Å². The molecule has 2 aromatic rings. The van der Waals surface area contributed by atoms with E-state index in [2.05, 4.69) is 36.3 Å². The maximum atomic E-state index is 5.59. The lowest BCUT2D eigenvalue weighted by Gasteiger charge is -2.05. The number of hydrogen-bond donors (Lipinski definition) is 0. The Morgan fingerprint density at radius 1 is 1.17 bits per heavy atom. The van der Waals surface area contributed by atoms with E-state index in [-0.39, 0.29) is 0 Å². The minimum absolute atomic E-state index is 0.710. The number of ether oxygens (including phenoxy) is 1. The van der Waals surface area contributed by atoms with Crippen molar-refractivity contribution in [3.63, 3.8) is 0 Å². The van der Waals surface area contributed by atoms with Crippen molar-refractivity contribution in [2.75, 3.05) is 6.61 Å². The average Bonchev–Trinajstić information content (AvgIpc) is 2.89. The summed E-state index contributed by atoms with van der Waals surface area (Å²) in [6.07, 6.45) is 6.10. The standard InChI is InChI=1S/C15H20N2O/c1-2-3-11-18-13-15-7-5-14(6-8-15)12-17-10-4-9-16-17/h4-10H,2-3,11-13H2,1H3. The first-order chi connectivity index (χ1) is 8.88. The molecule has 1 aromatic carbocycles. The maximum absolute atomic E-state index is 5.59. The molecule has 0 aliphatic carbocycles. The van der Waals surface area contributed by atoms with Crippen LogP contribution in [0.1, 0.15) is 30.9 Å². The molecule has 0 unspecified atom stereocenters. The highest BCUT2D eigenvalue weighted by Crippen LogP contribution is 2.07. The second kappa shape index (κ2) is 6.97. The van der Waals surface area contributed by atoms with Gasteiger partial charge in [0, 0.05) is 19.0 Å². The quantitative estimate of drug-likeness (QED) is 0.699. The summed E-state index contributed by atoms with van der Waals surface area (Å²) in [7, 11) is 0. The van der Waals surface area contributed by atoms with Crippen molar-refractivity contribution in [3.8, 4) is 0 Å². The smallest absolute Gasteiger partial charge is 0.0716 e. The molecule has 0 saturated heterocycles.